The second-order valence-corrected chi connectivity index (χ2v) is 4.36. The minimum atomic E-state index is 0.131. The molecular weight excluding hydrogens is 262 g/mol. The molecule has 5 nitrogen and oxygen atoms in total. The Hall–Kier alpha value is -2.14. The maximum atomic E-state index is 7.35. The predicted octanol–water partition coefficient (Wildman–Crippen LogP) is 2.59. The zero-order chi connectivity index (χ0) is 13.7. The van der Waals surface area contributed by atoms with Gasteiger partial charge in [0, 0.05) is 18.7 Å². The smallest absolute Gasteiger partial charge is 0.155 e. The Balaban J connectivity index is 2.35. The Morgan fingerprint density at radius 1 is 1.32 bits per heavy atom. The molecule has 6 heteroatoms. The Labute approximate surface area is 116 Å². The first-order chi connectivity index (χ1) is 9.18. The van der Waals surface area contributed by atoms with E-state index in [1.54, 1.807) is 6.20 Å². The molecule has 0 amide bonds. The highest BCUT2D eigenvalue weighted by atomic mass is 35.5. The van der Waals surface area contributed by atoms with E-state index >= 15 is 0 Å². The largest absolute Gasteiger partial charge is 0.388 e. The fourth-order valence-electron chi connectivity index (χ4n) is 1.70. The molecule has 1 heterocycles. The number of halogens is 1. The number of nitrogens with one attached hydrogen (secondary N) is 1. The summed E-state index contributed by atoms with van der Waals surface area (Å²) in [6.45, 7) is 0.538. The molecule has 2 rings (SSSR count). The maximum absolute atomic E-state index is 7.35. The van der Waals surface area contributed by atoms with Gasteiger partial charge >= 0.3 is 0 Å². The third-order valence-corrected chi connectivity index (χ3v) is 2.84. The Bertz CT molecular complexity index is 558. The van der Waals surface area contributed by atoms with Crippen molar-refractivity contribution < 1.29 is 0 Å². The number of rotatable bonds is 5. The fraction of sp³-hybridized carbons (Fsp3) is 0.154. The molecule has 0 unspecified atom stereocenters. The van der Waals surface area contributed by atoms with Gasteiger partial charge in [0.1, 0.15) is 11.3 Å². The summed E-state index contributed by atoms with van der Waals surface area (Å²) in [6.07, 6.45) is 3.44. The van der Waals surface area contributed by atoms with Gasteiger partial charge in [0.25, 0.3) is 0 Å². The zero-order valence-electron chi connectivity index (χ0n) is 10.3. The van der Waals surface area contributed by atoms with Crippen molar-refractivity contribution in [3.8, 4) is 0 Å². The second-order valence-electron chi connectivity index (χ2n) is 3.96. The topological polar surface area (TPSA) is 78.9 Å². The lowest BCUT2D eigenvalue weighted by molar-refractivity contribution is 0.925. The quantitative estimate of drug-likeness (QED) is 0.649. The van der Waals surface area contributed by atoms with Crippen molar-refractivity contribution in [1.82, 2.24) is 9.97 Å². The molecule has 0 bridgehead atoms. The summed E-state index contributed by atoms with van der Waals surface area (Å²) in [5.41, 5.74) is 6.37. The molecule has 0 aliphatic rings. The third-order valence-electron chi connectivity index (χ3n) is 2.58. The lowest BCUT2D eigenvalue weighted by Crippen LogP contribution is -2.24. The van der Waals surface area contributed by atoms with Crippen LogP contribution in [0.1, 0.15) is 6.42 Å². The molecule has 1 aromatic heterocycles. The monoisotopic (exact) mass is 275 g/mol. The lowest BCUT2D eigenvalue weighted by atomic mass is 10.2. The van der Waals surface area contributed by atoms with Crippen LogP contribution in [0.3, 0.4) is 0 Å². The number of anilines is 2. The first kappa shape index (κ1) is 13.3. The summed E-state index contributed by atoms with van der Waals surface area (Å²) in [5, 5.41) is 7.82. The summed E-state index contributed by atoms with van der Waals surface area (Å²) in [5.74, 6) is 0.746. The van der Waals surface area contributed by atoms with Crippen molar-refractivity contribution >= 4 is 28.9 Å². The van der Waals surface area contributed by atoms with Crippen molar-refractivity contribution in [2.75, 3.05) is 11.4 Å². The van der Waals surface area contributed by atoms with Crippen LogP contribution < -0.4 is 10.6 Å². The van der Waals surface area contributed by atoms with E-state index in [4.69, 9.17) is 22.7 Å². The van der Waals surface area contributed by atoms with Gasteiger partial charge in [-0.15, -0.1) is 0 Å². The molecule has 0 aliphatic carbocycles. The van der Waals surface area contributed by atoms with Gasteiger partial charge in [-0.05, 0) is 12.1 Å². The molecule has 0 radical (unpaired) electrons. The molecule has 0 spiro atoms. The van der Waals surface area contributed by atoms with Gasteiger partial charge in [-0.25, -0.2) is 9.97 Å². The van der Waals surface area contributed by atoms with Crippen LogP contribution in [0.4, 0.5) is 11.5 Å². The van der Waals surface area contributed by atoms with Crippen LogP contribution in [0.5, 0.6) is 0 Å². The zero-order valence-corrected chi connectivity index (χ0v) is 11.0. The molecule has 98 valence electrons. The van der Waals surface area contributed by atoms with Crippen LogP contribution >= 0.6 is 11.6 Å². The molecule has 0 saturated heterocycles. The Morgan fingerprint density at radius 2 is 2.05 bits per heavy atom. The van der Waals surface area contributed by atoms with Crippen LogP contribution in [0.25, 0.3) is 0 Å². The van der Waals surface area contributed by atoms with Crippen molar-refractivity contribution in [1.29, 1.82) is 5.41 Å². The van der Waals surface area contributed by atoms with E-state index in [0.717, 1.165) is 5.69 Å². The molecule has 19 heavy (non-hydrogen) atoms. The van der Waals surface area contributed by atoms with Gasteiger partial charge in [-0.3, -0.25) is 5.41 Å². The molecule has 0 saturated carbocycles. The third kappa shape index (κ3) is 3.42. The molecule has 2 aromatic rings. The first-order valence-electron chi connectivity index (χ1n) is 5.79. The highest BCUT2D eigenvalue weighted by Gasteiger charge is 2.14. The van der Waals surface area contributed by atoms with E-state index in [9.17, 15) is 0 Å². The highest BCUT2D eigenvalue weighted by molar-refractivity contribution is 6.32. The van der Waals surface area contributed by atoms with E-state index in [-0.39, 0.29) is 5.84 Å². The van der Waals surface area contributed by atoms with Gasteiger partial charge in [-0.2, -0.15) is 0 Å². The number of hydrogen-bond acceptors (Lipinski definition) is 4. The number of nitrogens with zero attached hydrogens (tertiary/aromatic N) is 3. The fourth-order valence-corrected chi connectivity index (χ4v) is 1.91. The van der Waals surface area contributed by atoms with Crippen molar-refractivity contribution in [2.45, 2.75) is 6.42 Å². The summed E-state index contributed by atoms with van der Waals surface area (Å²) < 4.78 is 0. The van der Waals surface area contributed by atoms with E-state index in [1.807, 2.05) is 35.2 Å². The molecule has 0 aliphatic heterocycles. The van der Waals surface area contributed by atoms with Crippen LogP contribution in [0.15, 0.2) is 42.9 Å². The lowest BCUT2D eigenvalue weighted by Gasteiger charge is -2.24. The number of hydrogen-bond donors (Lipinski definition) is 2. The van der Waals surface area contributed by atoms with Gasteiger partial charge in [-0.1, -0.05) is 29.8 Å². The Morgan fingerprint density at radius 3 is 2.68 bits per heavy atom. The molecule has 0 atom stereocenters. The average Bonchev–Trinajstić information content (AvgIpc) is 2.42. The van der Waals surface area contributed by atoms with Crippen molar-refractivity contribution in [2.24, 2.45) is 5.73 Å². The number of aromatic nitrogens is 2. The summed E-state index contributed by atoms with van der Waals surface area (Å²) in [7, 11) is 0. The summed E-state index contributed by atoms with van der Waals surface area (Å²) in [6, 6.07) is 9.72. The Kier molecular flexibility index (Phi) is 4.30. The summed E-state index contributed by atoms with van der Waals surface area (Å²) in [4.78, 5) is 10.0. The normalized spacial score (nSPS) is 10.2. The van der Waals surface area contributed by atoms with Crippen LogP contribution in [-0.2, 0) is 0 Å². The minimum absolute atomic E-state index is 0.131. The standard InChI is InChI=1S/C13H14ClN5/c14-11-8-17-9-18-13(11)19(7-6-12(15)16)10-4-2-1-3-5-10/h1-5,8-9H,6-7H2,(H3,15,16). The van der Waals surface area contributed by atoms with Gasteiger partial charge in [0.15, 0.2) is 5.82 Å². The van der Waals surface area contributed by atoms with Crippen molar-refractivity contribution in [3.63, 3.8) is 0 Å². The highest BCUT2D eigenvalue weighted by Crippen LogP contribution is 2.28. The van der Waals surface area contributed by atoms with Crippen LogP contribution in [-0.4, -0.2) is 22.3 Å². The molecule has 3 N–H and O–H groups in total. The van der Waals surface area contributed by atoms with Gasteiger partial charge in [0.2, 0.25) is 0 Å². The first-order valence-corrected chi connectivity index (χ1v) is 6.17. The number of amidine groups is 1. The maximum Gasteiger partial charge on any atom is 0.155 e. The van der Waals surface area contributed by atoms with E-state index < -0.39 is 0 Å². The van der Waals surface area contributed by atoms with Gasteiger partial charge in [0.05, 0.1) is 12.0 Å². The minimum Gasteiger partial charge on any atom is -0.388 e. The van der Waals surface area contributed by atoms with E-state index in [2.05, 4.69) is 9.97 Å². The van der Waals surface area contributed by atoms with E-state index in [1.165, 1.54) is 6.33 Å². The molecular formula is C13H14ClN5. The van der Waals surface area contributed by atoms with Gasteiger partial charge < -0.3 is 10.6 Å². The number of nitrogens with two attached hydrogens (primary N) is 1. The molecule has 0 fully saturated rings. The number of para-hydroxylation sites is 1. The van der Waals surface area contributed by atoms with Crippen LogP contribution in [0.2, 0.25) is 5.02 Å². The average molecular weight is 276 g/mol. The number of benzene rings is 1. The van der Waals surface area contributed by atoms with E-state index in [0.29, 0.717) is 23.8 Å². The predicted molar refractivity (Wildman–Crippen MR) is 77.0 cm³/mol. The van der Waals surface area contributed by atoms with Crippen LogP contribution in [0, 0.1) is 5.41 Å². The summed E-state index contributed by atoms with van der Waals surface area (Å²) >= 11 is 6.13. The SMILES string of the molecule is N=C(N)CCN(c1ccccc1)c1ncncc1Cl. The second kappa shape index (κ2) is 6.15. The molecule has 1 aromatic carbocycles. The van der Waals surface area contributed by atoms with Crippen molar-refractivity contribution in [3.05, 3.63) is 47.9 Å².